The standard InChI is InChI=1S/C17H16N6O2/c18-9-13-2-1-3-14(8-13)21-16-11-19-15(10-20-16)17(25)23-6-4-22(12-24)5-7-23/h1-3,8,10-12H,4-7H2,(H,20,21). The summed E-state index contributed by atoms with van der Waals surface area (Å²) >= 11 is 0. The number of hydrogen-bond acceptors (Lipinski definition) is 6. The van der Waals surface area contributed by atoms with Crippen LogP contribution in [0.1, 0.15) is 16.1 Å². The van der Waals surface area contributed by atoms with Crippen LogP contribution in [0.5, 0.6) is 0 Å². The Morgan fingerprint density at radius 2 is 2.00 bits per heavy atom. The highest BCUT2D eigenvalue weighted by molar-refractivity contribution is 5.92. The van der Waals surface area contributed by atoms with Gasteiger partial charge in [0.15, 0.2) is 0 Å². The summed E-state index contributed by atoms with van der Waals surface area (Å²) < 4.78 is 0. The smallest absolute Gasteiger partial charge is 0.274 e. The van der Waals surface area contributed by atoms with Gasteiger partial charge in [0.25, 0.3) is 5.91 Å². The Kier molecular flexibility index (Phi) is 4.85. The van der Waals surface area contributed by atoms with E-state index in [9.17, 15) is 9.59 Å². The molecule has 2 amide bonds. The molecule has 8 nitrogen and oxygen atoms in total. The SMILES string of the molecule is N#Cc1cccc(Nc2cnc(C(=O)N3CCN(C=O)CC3)cn2)c1. The highest BCUT2D eigenvalue weighted by Gasteiger charge is 2.22. The van der Waals surface area contributed by atoms with E-state index in [4.69, 9.17) is 5.26 Å². The van der Waals surface area contributed by atoms with Crippen molar-refractivity contribution in [2.75, 3.05) is 31.5 Å². The number of anilines is 2. The summed E-state index contributed by atoms with van der Waals surface area (Å²) in [5.74, 6) is 0.286. The number of aromatic nitrogens is 2. The summed E-state index contributed by atoms with van der Waals surface area (Å²) in [6.07, 6.45) is 3.70. The van der Waals surface area contributed by atoms with Crippen LogP contribution in [-0.4, -0.2) is 58.3 Å². The van der Waals surface area contributed by atoms with E-state index >= 15 is 0 Å². The quantitative estimate of drug-likeness (QED) is 0.836. The van der Waals surface area contributed by atoms with Gasteiger partial charge < -0.3 is 15.1 Å². The number of rotatable bonds is 4. The van der Waals surface area contributed by atoms with Crippen LogP contribution in [0.3, 0.4) is 0 Å². The Morgan fingerprint density at radius 1 is 1.20 bits per heavy atom. The number of carbonyl (C=O) groups excluding carboxylic acids is 2. The molecule has 0 aliphatic carbocycles. The van der Waals surface area contributed by atoms with Crippen molar-refractivity contribution in [3.8, 4) is 6.07 Å². The van der Waals surface area contributed by atoms with Crippen molar-refractivity contribution in [1.82, 2.24) is 19.8 Å². The molecule has 0 bridgehead atoms. The molecule has 3 rings (SSSR count). The van der Waals surface area contributed by atoms with Gasteiger partial charge in [-0.15, -0.1) is 0 Å². The lowest BCUT2D eigenvalue weighted by atomic mass is 10.2. The average molecular weight is 336 g/mol. The molecular formula is C17H16N6O2. The summed E-state index contributed by atoms with van der Waals surface area (Å²) in [5.41, 5.74) is 1.52. The van der Waals surface area contributed by atoms with E-state index in [1.54, 1.807) is 28.0 Å². The van der Waals surface area contributed by atoms with Gasteiger partial charge in [0.2, 0.25) is 6.41 Å². The summed E-state index contributed by atoms with van der Waals surface area (Å²) in [6.45, 7) is 2.02. The Balaban J connectivity index is 1.64. The van der Waals surface area contributed by atoms with E-state index in [0.717, 1.165) is 12.1 Å². The minimum absolute atomic E-state index is 0.198. The molecule has 1 aliphatic rings. The van der Waals surface area contributed by atoms with Crippen LogP contribution in [0.2, 0.25) is 0 Å². The topological polar surface area (TPSA) is 102 Å². The lowest BCUT2D eigenvalue weighted by molar-refractivity contribution is -0.119. The van der Waals surface area contributed by atoms with Gasteiger partial charge in [0, 0.05) is 31.9 Å². The Labute approximate surface area is 144 Å². The molecule has 0 atom stereocenters. The van der Waals surface area contributed by atoms with Crippen molar-refractivity contribution in [3.63, 3.8) is 0 Å². The fourth-order valence-corrected chi connectivity index (χ4v) is 2.51. The zero-order chi connectivity index (χ0) is 17.6. The molecule has 126 valence electrons. The number of hydrogen-bond donors (Lipinski definition) is 1. The van der Waals surface area contributed by atoms with E-state index in [0.29, 0.717) is 37.6 Å². The van der Waals surface area contributed by atoms with E-state index in [-0.39, 0.29) is 11.6 Å². The van der Waals surface area contributed by atoms with Gasteiger partial charge in [0.1, 0.15) is 11.5 Å². The second-order valence-electron chi connectivity index (χ2n) is 5.54. The van der Waals surface area contributed by atoms with Crippen molar-refractivity contribution < 1.29 is 9.59 Å². The molecule has 8 heteroatoms. The number of nitriles is 1. The average Bonchev–Trinajstić information content (AvgIpc) is 2.68. The van der Waals surface area contributed by atoms with E-state index in [1.165, 1.54) is 12.4 Å². The van der Waals surface area contributed by atoms with Gasteiger partial charge in [-0.3, -0.25) is 9.59 Å². The number of carbonyl (C=O) groups is 2. The Bertz CT molecular complexity index is 807. The lowest BCUT2D eigenvalue weighted by Gasteiger charge is -2.32. The number of nitrogens with one attached hydrogen (secondary N) is 1. The molecule has 1 aromatic carbocycles. The molecular weight excluding hydrogens is 320 g/mol. The van der Waals surface area contributed by atoms with Gasteiger partial charge in [-0.2, -0.15) is 5.26 Å². The highest BCUT2D eigenvalue weighted by atomic mass is 16.2. The lowest BCUT2D eigenvalue weighted by Crippen LogP contribution is -2.48. The van der Waals surface area contributed by atoms with Gasteiger partial charge >= 0.3 is 0 Å². The van der Waals surface area contributed by atoms with Crippen molar-refractivity contribution in [2.45, 2.75) is 0 Å². The number of nitrogens with zero attached hydrogens (tertiary/aromatic N) is 5. The molecule has 0 unspecified atom stereocenters. The molecule has 1 N–H and O–H groups in total. The molecule has 1 aromatic heterocycles. The zero-order valence-corrected chi connectivity index (χ0v) is 13.4. The second kappa shape index (κ2) is 7.40. The second-order valence-corrected chi connectivity index (χ2v) is 5.54. The maximum Gasteiger partial charge on any atom is 0.274 e. The fourth-order valence-electron chi connectivity index (χ4n) is 2.51. The van der Waals surface area contributed by atoms with Gasteiger partial charge in [0.05, 0.1) is 24.0 Å². The van der Waals surface area contributed by atoms with E-state index < -0.39 is 0 Å². The molecule has 0 radical (unpaired) electrons. The van der Waals surface area contributed by atoms with Crippen LogP contribution < -0.4 is 5.32 Å². The van der Waals surface area contributed by atoms with Gasteiger partial charge in [-0.05, 0) is 18.2 Å². The first-order valence-corrected chi connectivity index (χ1v) is 7.77. The predicted molar refractivity (Wildman–Crippen MR) is 90.0 cm³/mol. The minimum atomic E-state index is -0.198. The Morgan fingerprint density at radius 3 is 2.64 bits per heavy atom. The monoisotopic (exact) mass is 336 g/mol. The number of amides is 2. The zero-order valence-electron chi connectivity index (χ0n) is 13.4. The van der Waals surface area contributed by atoms with Crippen LogP contribution in [0.4, 0.5) is 11.5 Å². The van der Waals surface area contributed by atoms with Crippen molar-refractivity contribution in [2.24, 2.45) is 0 Å². The van der Waals surface area contributed by atoms with Crippen LogP contribution in [0.15, 0.2) is 36.7 Å². The summed E-state index contributed by atoms with van der Waals surface area (Å²) in [4.78, 5) is 34.8. The predicted octanol–water partition coefficient (Wildman–Crippen LogP) is 1.01. The molecule has 2 aromatic rings. The maximum atomic E-state index is 12.4. The van der Waals surface area contributed by atoms with Gasteiger partial charge in [-0.25, -0.2) is 9.97 Å². The van der Waals surface area contributed by atoms with E-state index in [1.807, 2.05) is 6.07 Å². The highest BCUT2D eigenvalue weighted by Crippen LogP contribution is 2.15. The van der Waals surface area contributed by atoms with Crippen molar-refractivity contribution >= 4 is 23.8 Å². The fraction of sp³-hybridized carbons (Fsp3) is 0.235. The summed E-state index contributed by atoms with van der Waals surface area (Å²) in [5, 5.41) is 12.0. The maximum absolute atomic E-state index is 12.4. The van der Waals surface area contributed by atoms with Crippen molar-refractivity contribution in [3.05, 3.63) is 47.9 Å². The van der Waals surface area contributed by atoms with Crippen LogP contribution in [0, 0.1) is 11.3 Å². The third-order valence-electron chi connectivity index (χ3n) is 3.89. The third kappa shape index (κ3) is 3.90. The normalized spacial score (nSPS) is 13.9. The largest absolute Gasteiger partial charge is 0.342 e. The molecule has 2 heterocycles. The Hall–Kier alpha value is -3.47. The first-order valence-electron chi connectivity index (χ1n) is 7.77. The molecule has 0 saturated carbocycles. The summed E-state index contributed by atoms with van der Waals surface area (Å²) in [7, 11) is 0. The molecule has 1 fully saturated rings. The first kappa shape index (κ1) is 16.4. The van der Waals surface area contributed by atoms with Crippen LogP contribution in [0.25, 0.3) is 0 Å². The molecule has 25 heavy (non-hydrogen) atoms. The minimum Gasteiger partial charge on any atom is -0.342 e. The first-order chi connectivity index (χ1) is 12.2. The molecule has 1 saturated heterocycles. The van der Waals surface area contributed by atoms with Crippen molar-refractivity contribution in [1.29, 1.82) is 5.26 Å². The third-order valence-corrected chi connectivity index (χ3v) is 3.89. The number of benzene rings is 1. The van der Waals surface area contributed by atoms with Gasteiger partial charge in [-0.1, -0.05) is 6.07 Å². The van der Waals surface area contributed by atoms with E-state index in [2.05, 4.69) is 21.4 Å². The van der Waals surface area contributed by atoms with Crippen LogP contribution in [-0.2, 0) is 4.79 Å². The number of piperazine rings is 1. The van der Waals surface area contributed by atoms with Crippen LogP contribution >= 0.6 is 0 Å². The molecule has 1 aliphatic heterocycles. The summed E-state index contributed by atoms with van der Waals surface area (Å²) in [6, 6.07) is 9.06. The molecule has 0 spiro atoms.